The van der Waals surface area contributed by atoms with Crippen molar-refractivity contribution in [2.24, 2.45) is 5.41 Å². The standard InChI is InChI=1S/C44H72N2O4/c1-19-20-22-44(30(2)49-32-26-40(9,10)45(17)41(11,12)27-32,37(48)50-33-28-42(13,14)46(18)43(15,16)29-33)23-21-31-24-34(38(3,4)5)36(47)35(25-31)39(6,7)8/h24-25,32-33,47H,2,21-23,26-29H2,1,3-18H3. The molecule has 0 saturated carbocycles. The molecule has 0 bridgehead atoms. The summed E-state index contributed by atoms with van der Waals surface area (Å²) >= 11 is 0. The Morgan fingerprint density at radius 2 is 1.18 bits per heavy atom. The number of phenolic OH excluding ortho intramolecular Hbond substituents is 1. The van der Waals surface area contributed by atoms with Crippen molar-refractivity contribution in [1.82, 2.24) is 9.80 Å². The zero-order valence-electron chi connectivity index (χ0n) is 35.0. The molecule has 3 rings (SSSR count). The number of hydrogen-bond acceptors (Lipinski definition) is 6. The van der Waals surface area contributed by atoms with Crippen LogP contribution in [0.1, 0.15) is 159 Å². The molecule has 1 atom stereocenters. The number of aryl methyl sites for hydroxylation is 1. The molecule has 282 valence electrons. The van der Waals surface area contributed by atoms with Gasteiger partial charge in [0.1, 0.15) is 29.1 Å². The van der Waals surface area contributed by atoms with E-state index >= 15 is 0 Å². The van der Waals surface area contributed by atoms with Crippen molar-refractivity contribution >= 4 is 5.97 Å². The normalized spacial score (nSPS) is 22.6. The van der Waals surface area contributed by atoms with Crippen molar-refractivity contribution in [1.29, 1.82) is 0 Å². The second kappa shape index (κ2) is 14.1. The third kappa shape index (κ3) is 8.92. The first-order valence-electron chi connectivity index (χ1n) is 18.8. The summed E-state index contributed by atoms with van der Waals surface area (Å²) in [6.07, 6.45) is 4.00. The van der Waals surface area contributed by atoms with Crippen LogP contribution in [0, 0.1) is 17.3 Å². The van der Waals surface area contributed by atoms with Gasteiger partial charge >= 0.3 is 5.97 Å². The van der Waals surface area contributed by atoms with Crippen molar-refractivity contribution in [2.75, 3.05) is 14.1 Å². The van der Waals surface area contributed by atoms with Crippen molar-refractivity contribution in [3.05, 3.63) is 41.2 Å². The lowest BCUT2D eigenvalue weighted by molar-refractivity contribution is -0.172. The van der Waals surface area contributed by atoms with Crippen LogP contribution in [-0.4, -0.2) is 69.3 Å². The minimum Gasteiger partial charge on any atom is -0.507 e. The maximum atomic E-state index is 15.0. The number of carbonyl (C=O) groups excluding carboxylic acids is 1. The van der Waals surface area contributed by atoms with Crippen LogP contribution in [0.15, 0.2) is 24.5 Å². The quantitative estimate of drug-likeness (QED) is 0.158. The molecule has 0 spiro atoms. The molecule has 6 nitrogen and oxygen atoms in total. The lowest BCUT2D eigenvalue weighted by atomic mass is 9.74. The van der Waals surface area contributed by atoms with Crippen LogP contribution in [0.2, 0.25) is 0 Å². The number of hydrogen-bond donors (Lipinski definition) is 1. The largest absolute Gasteiger partial charge is 0.507 e. The van der Waals surface area contributed by atoms with Gasteiger partial charge in [-0.15, -0.1) is 11.8 Å². The van der Waals surface area contributed by atoms with Crippen LogP contribution in [0.3, 0.4) is 0 Å². The lowest BCUT2D eigenvalue weighted by Crippen LogP contribution is -2.61. The summed E-state index contributed by atoms with van der Waals surface area (Å²) < 4.78 is 13.5. The predicted molar refractivity (Wildman–Crippen MR) is 209 cm³/mol. The second-order valence-corrected chi connectivity index (χ2v) is 20.1. The second-order valence-electron chi connectivity index (χ2n) is 20.1. The van der Waals surface area contributed by atoms with Gasteiger partial charge in [0.2, 0.25) is 0 Å². The molecule has 1 N–H and O–H groups in total. The predicted octanol–water partition coefficient (Wildman–Crippen LogP) is 9.70. The highest BCUT2D eigenvalue weighted by Crippen LogP contribution is 2.46. The van der Waals surface area contributed by atoms with Crippen LogP contribution >= 0.6 is 0 Å². The molecule has 0 amide bonds. The molecule has 2 heterocycles. The Morgan fingerprint density at radius 1 is 0.800 bits per heavy atom. The fourth-order valence-electron chi connectivity index (χ4n) is 8.50. The average Bonchev–Trinajstić information content (AvgIpc) is 2.93. The van der Waals surface area contributed by atoms with Gasteiger partial charge in [0.25, 0.3) is 0 Å². The molecule has 2 aliphatic heterocycles. The molecule has 2 aliphatic rings. The van der Waals surface area contributed by atoms with Crippen molar-refractivity contribution < 1.29 is 19.4 Å². The molecule has 0 aromatic heterocycles. The van der Waals surface area contributed by atoms with Crippen molar-refractivity contribution in [2.45, 2.75) is 194 Å². The smallest absolute Gasteiger partial charge is 0.321 e. The highest BCUT2D eigenvalue weighted by Gasteiger charge is 2.51. The maximum Gasteiger partial charge on any atom is 0.321 e. The maximum absolute atomic E-state index is 15.0. The number of ether oxygens (including phenoxy) is 2. The molecule has 6 heteroatoms. The van der Waals surface area contributed by atoms with Crippen LogP contribution < -0.4 is 0 Å². The molecule has 0 aliphatic carbocycles. The molecule has 2 fully saturated rings. The fraction of sp³-hybridized carbons (Fsp3) is 0.750. The topological polar surface area (TPSA) is 62.2 Å². The molecular formula is C44H72N2O4. The first-order chi connectivity index (χ1) is 22.5. The molecule has 1 unspecified atom stereocenters. The lowest BCUT2D eigenvalue weighted by Gasteiger charge is -2.54. The van der Waals surface area contributed by atoms with Crippen molar-refractivity contribution in [3.8, 4) is 17.6 Å². The van der Waals surface area contributed by atoms with Gasteiger partial charge in [-0.2, -0.15) is 0 Å². The van der Waals surface area contributed by atoms with Gasteiger partial charge in [0.15, 0.2) is 0 Å². The number of esters is 1. The number of piperidine rings is 2. The number of aromatic hydroxyl groups is 1. The Hall–Kier alpha value is -2.49. The summed E-state index contributed by atoms with van der Waals surface area (Å²) in [5.74, 6) is 6.84. The van der Waals surface area contributed by atoms with Crippen LogP contribution in [0.25, 0.3) is 0 Å². The summed E-state index contributed by atoms with van der Waals surface area (Å²) in [4.78, 5) is 19.8. The summed E-state index contributed by atoms with van der Waals surface area (Å²) in [7, 11) is 4.35. The number of rotatable bonds is 9. The SMILES string of the molecule is C=C(OC1CC(C)(C)N(C)C(C)(C)C1)C(CC#CC)(CCc1cc(C(C)(C)C)c(O)c(C(C)(C)C)c1)C(=O)OC1CC(C)(C)N(C)C(C)(C)C1. The molecule has 1 aromatic rings. The van der Waals surface area contributed by atoms with Gasteiger partial charge in [-0.25, -0.2) is 0 Å². The van der Waals surface area contributed by atoms with Crippen LogP contribution in [-0.2, 0) is 31.5 Å². The van der Waals surface area contributed by atoms with E-state index in [4.69, 9.17) is 9.47 Å². The van der Waals surface area contributed by atoms with Gasteiger partial charge < -0.3 is 14.6 Å². The average molecular weight is 693 g/mol. The van der Waals surface area contributed by atoms with Gasteiger partial charge in [0.05, 0.1) is 0 Å². The van der Waals surface area contributed by atoms with Crippen molar-refractivity contribution in [3.63, 3.8) is 0 Å². The van der Waals surface area contributed by atoms with Gasteiger partial charge in [-0.1, -0.05) is 60.3 Å². The summed E-state index contributed by atoms with van der Waals surface area (Å²) in [5.41, 5.74) is 0.690. The number of benzene rings is 1. The van der Waals surface area contributed by atoms with E-state index in [0.29, 0.717) is 24.4 Å². The number of carbonyl (C=O) groups is 1. The highest BCUT2D eigenvalue weighted by molar-refractivity contribution is 5.80. The molecule has 50 heavy (non-hydrogen) atoms. The highest BCUT2D eigenvalue weighted by atomic mass is 16.6. The van der Waals surface area contributed by atoms with E-state index in [1.165, 1.54) is 0 Å². The molecular weight excluding hydrogens is 620 g/mol. The summed E-state index contributed by atoms with van der Waals surface area (Å²) in [5, 5.41) is 11.4. The minimum absolute atomic E-state index is 0.0941. The van der Waals surface area contributed by atoms with Gasteiger partial charge in [-0.3, -0.25) is 14.6 Å². The number of phenols is 1. The Balaban J connectivity index is 2.13. The van der Waals surface area contributed by atoms with Crippen LogP contribution in [0.5, 0.6) is 5.75 Å². The fourth-order valence-corrected chi connectivity index (χ4v) is 8.50. The monoisotopic (exact) mass is 693 g/mol. The zero-order valence-corrected chi connectivity index (χ0v) is 35.0. The Kier molecular flexibility index (Phi) is 11.9. The van der Waals surface area contributed by atoms with E-state index in [0.717, 1.165) is 42.4 Å². The number of likely N-dealkylation sites (tertiary alicyclic amines) is 2. The summed E-state index contributed by atoms with van der Waals surface area (Å²) in [6.45, 7) is 37.0. The van der Waals surface area contributed by atoms with E-state index in [2.05, 4.69) is 151 Å². The number of nitrogens with zero attached hydrogens (tertiary/aromatic N) is 2. The third-order valence-corrected chi connectivity index (χ3v) is 12.2. The van der Waals surface area contributed by atoms with E-state index in [9.17, 15) is 9.90 Å². The zero-order chi connectivity index (χ0) is 38.5. The van der Waals surface area contributed by atoms with E-state index in [-0.39, 0.29) is 57.6 Å². The third-order valence-electron chi connectivity index (χ3n) is 12.2. The first-order valence-corrected chi connectivity index (χ1v) is 18.8. The Morgan fingerprint density at radius 3 is 1.54 bits per heavy atom. The van der Waals surface area contributed by atoms with Gasteiger partial charge in [-0.05, 0) is 117 Å². The molecule has 0 radical (unpaired) electrons. The van der Waals surface area contributed by atoms with Crippen LogP contribution in [0.4, 0.5) is 0 Å². The van der Waals surface area contributed by atoms with E-state index in [1.807, 2.05) is 6.92 Å². The molecule has 1 aromatic carbocycles. The van der Waals surface area contributed by atoms with E-state index < -0.39 is 5.41 Å². The minimum atomic E-state index is -1.18. The Bertz CT molecular complexity index is 1350. The Labute approximate surface area is 306 Å². The first kappa shape index (κ1) is 41.9. The molecule has 2 saturated heterocycles. The summed E-state index contributed by atoms with van der Waals surface area (Å²) in [6, 6.07) is 4.22. The van der Waals surface area contributed by atoms with Gasteiger partial charge in [0, 0.05) is 54.3 Å². The van der Waals surface area contributed by atoms with E-state index in [1.54, 1.807) is 0 Å².